The van der Waals surface area contributed by atoms with Crippen molar-refractivity contribution in [1.29, 1.82) is 0 Å². The van der Waals surface area contributed by atoms with Crippen molar-refractivity contribution in [3.8, 4) is 0 Å². The topological polar surface area (TPSA) is 47.6 Å². The quantitative estimate of drug-likeness (QED) is 0.706. The second kappa shape index (κ2) is 4.49. The van der Waals surface area contributed by atoms with E-state index < -0.39 is 0 Å². The molecule has 1 N–H and O–H groups in total. The molecule has 0 amide bonds. The molecule has 0 aromatic heterocycles. The van der Waals surface area contributed by atoms with Gasteiger partial charge in [-0.1, -0.05) is 0 Å². The second-order valence-corrected chi connectivity index (χ2v) is 4.43. The van der Waals surface area contributed by atoms with E-state index in [0.717, 1.165) is 32.4 Å². The fourth-order valence-electron chi connectivity index (χ4n) is 2.34. The molecule has 2 aliphatic heterocycles. The third-order valence-electron chi connectivity index (χ3n) is 3.17. The third-order valence-corrected chi connectivity index (χ3v) is 3.17. The van der Waals surface area contributed by atoms with Crippen molar-refractivity contribution in [3.63, 3.8) is 0 Å². The zero-order chi connectivity index (χ0) is 10.7. The van der Waals surface area contributed by atoms with Crippen molar-refractivity contribution >= 4 is 5.97 Å². The lowest BCUT2D eigenvalue weighted by Gasteiger charge is -2.47. The van der Waals surface area contributed by atoms with Gasteiger partial charge in [-0.25, -0.2) is 0 Å². The molecule has 0 radical (unpaired) electrons. The molecule has 0 saturated carbocycles. The molecule has 1 spiro atoms. The molecule has 86 valence electrons. The van der Waals surface area contributed by atoms with E-state index in [2.05, 4.69) is 5.32 Å². The van der Waals surface area contributed by atoms with Crippen molar-refractivity contribution in [2.24, 2.45) is 0 Å². The number of hydrogen-bond acceptors (Lipinski definition) is 4. The molecule has 1 unspecified atom stereocenters. The van der Waals surface area contributed by atoms with Crippen LogP contribution in [0.1, 0.15) is 32.6 Å². The van der Waals surface area contributed by atoms with Crippen molar-refractivity contribution in [2.75, 3.05) is 19.7 Å². The van der Waals surface area contributed by atoms with E-state index >= 15 is 0 Å². The van der Waals surface area contributed by atoms with Gasteiger partial charge in [0.15, 0.2) is 0 Å². The average molecular weight is 213 g/mol. The minimum Gasteiger partial charge on any atom is -0.466 e. The van der Waals surface area contributed by atoms with Crippen LogP contribution >= 0.6 is 0 Å². The molecule has 0 aromatic carbocycles. The zero-order valence-corrected chi connectivity index (χ0v) is 9.25. The molecule has 1 atom stereocenters. The van der Waals surface area contributed by atoms with E-state index in [1.807, 2.05) is 6.92 Å². The van der Waals surface area contributed by atoms with Gasteiger partial charge in [-0.2, -0.15) is 0 Å². The summed E-state index contributed by atoms with van der Waals surface area (Å²) in [4.78, 5) is 11.3. The summed E-state index contributed by atoms with van der Waals surface area (Å²) in [5.41, 5.74) is 0.0371. The number of carbonyl (C=O) groups excluding carboxylic acids is 1. The monoisotopic (exact) mass is 213 g/mol. The summed E-state index contributed by atoms with van der Waals surface area (Å²) in [6, 6.07) is 0. The average Bonchev–Trinajstić information content (AvgIpc) is 2.16. The minimum atomic E-state index is -0.133. The highest BCUT2D eigenvalue weighted by Crippen LogP contribution is 2.33. The van der Waals surface area contributed by atoms with Crippen LogP contribution in [0.15, 0.2) is 0 Å². The van der Waals surface area contributed by atoms with Crippen LogP contribution in [-0.2, 0) is 14.3 Å². The summed E-state index contributed by atoms with van der Waals surface area (Å²) in [6.45, 7) is 4.16. The van der Waals surface area contributed by atoms with E-state index in [0.29, 0.717) is 13.0 Å². The molecule has 2 saturated heterocycles. The largest absolute Gasteiger partial charge is 0.466 e. The van der Waals surface area contributed by atoms with E-state index in [1.165, 1.54) is 0 Å². The van der Waals surface area contributed by atoms with Crippen molar-refractivity contribution in [1.82, 2.24) is 5.32 Å². The van der Waals surface area contributed by atoms with Crippen molar-refractivity contribution in [3.05, 3.63) is 0 Å². The summed E-state index contributed by atoms with van der Waals surface area (Å²) < 4.78 is 10.9. The highest BCUT2D eigenvalue weighted by molar-refractivity contribution is 5.69. The molecule has 0 aliphatic carbocycles. The summed E-state index contributed by atoms with van der Waals surface area (Å²) in [7, 11) is 0. The summed E-state index contributed by atoms with van der Waals surface area (Å²) >= 11 is 0. The molecular weight excluding hydrogens is 194 g/mol. The Balaban J connectivity index is 1.80. The molecule has 4 heteroatoms. The first-order valence-electron chi connectivity index (χ1n) is 5.78. The Hall–Kier alpha value is -0.610. The van der Waals surface area contributed by atoms with Crippen LogP contribution in [0.2, 0.25) is 0 Å². The second-order valence-electron chi connectivity index (χ2n) is 4.43. The van der Waals surface area contributed by atoms with E-state index in [9.17, 15) is 4.79 Å². The van der Waals surface area contributed by atoms with Crippen LogP contribution in [0.5, 0.6) is 0 Å². The third kappa shape index (κ3) is 2.49. The van der Waals surface area contributed by atoms with Gasteiger partial charge in [0.25, 0.3) is 0 Å². The maximum Gasteiger partial charge on any atom is 0.308 e. The van der Waals surface area contributed by atoms with Crippen molar-refractivity contribution < 1.29 is 14.3 Å². The molecule has 0 bridgehead atoms. The van der Waals surface area contributed by atoms with Gasteiger partial charge in [-0.05, 0) is 26.2 Å². The normalized spacial score (nSPS) is 28.5. The van der Waals surface area contributed by atoms with E-state index in [4.69, 9.17) is 9.47 Å². The summed E-state index contributed by atoms with van der Waals surface area (Å²) in [5, 5.41) is 3.23. The van der Waals surface area contributed by atoms with Crippen LogP contribution in [0.3, 0.4) is 0 Å². The highest BCUT2D eigenvalue weighted by atomic mass is 16.5. The molecule has 15 heavy (non-hydrogen) atoms. The predicted molar refractivity (Wildman–Crippen MR) is 55.6 cm³/mol. The Morgan fingerprint density at radius 1 is 1.60 bits per heavy atom. The maximum atomic E-state index is 11.3. The van der Waals surface area contributed by atoms with E-state index in [1.54, 1.807) is 0 Å². The van der Waals surface area contributed by atoms with Crippen LogP contribution in [0.25, 0.3) is 0 Å². The number of rotatable bonds is 3. The fourth-order valence-corrected chi connectivity index (χ4v) is 2.34. The van der Waals surface area contributed by atoms with Gasteiger partial charge < -0.3 is 14.8 Å². The van der Waals surface area contributed by atoms with Gasteiger partial charge in [-0.3, -0.25) is 4.79 Å². The molecule has 2 fully saturated rings. The minimum absolute atomic E-state index is 0.0371. The van der Waals surface area contributed by atoms with Gasteiger partial charge in [0.2, 0.25) is 0 Å². The fraction of sp³-hybridized carbons (Fsp3) is 0.909. The van der Waals surface area contributed by atoms with Gasteiger partial charge in [0, 0.05) is 13.1 Å². The molecule has 2 heterocycles. The lowest BCUT2D eigenvalue weighted by Crippen LogP contribution is -2.63. The van der Waals surface area contributed by atoms with Crippen LogP contribution in [0.4, 0.5) is 0 Å². The SMILES string of the molecule is CCOC(=O)CC1CCCC2(CNC2)O1. The van der Waals surface area contributed by atoms with Gasteiger partial charge in [0.1, 0.15) is 0 Å². The summed E-state index contributed by atoms with van der Waals surface area (Å²) in [5.74, 6) is -0.133. The first-order chi connectivity index (χ1) is 7.24. The Morgan fingerprint density at radius 3 is 3.00 bits per heavy atom. The Labute approximate surface area is 90.3 Å². The van der Waals surface area contributed by atoms with Crippen molar-refractivity contribution in [2.45, 2.75) is 44.3 Å². The molecular formula is C11H19NO3. The van der Waals surface area contributed by atoms with Gasteiger partial charge >= 0.3 is 5.97 Å². The standard InChI is InChI=1S/C11H19NO3/c1-2-14-10(13)6-9-4-3-5-11(15-9)7-12-8-11/h9,12H,2-8H2,1H3. The van der Waals surface area contributed by atoms with Gasteiger partial charge in [-0.15, -0.1) is 0 Å². The highest BCUT2D eigenvalue weighted by Gasteiger charge is 2.42. The van der Waals surface area contributed by atoms with Crippen LogP contribution < -0.4 is 5.32 Å². The van der Waals surface area contributed by atoms with Crippen LogP contribution in [-0.4, -0.2) is 37.4 Å². The number of nitrogens with one attached hydrogen (secondary N) is 1. The number of carbonyl (C=O) groups is 1. The van der Waals surface area contributed by atoms with E-state index in [-0.39, 0.29) is 17.7 Å². The number of ether oxygens (including phenoxy) is 2. The molecule has 2 rings (SSSR count). The smallest absolute Gasteiger partial charge is 0.308 e. The lowest BCUT2D eigenvalue weighted by molar-refractivity contribution is -0.169. The molecule has 4 nitrogen and oxygen atoms in total. The van der Waals surface area contributed by atoms with Gasteiger partial charge in [0.05, 0.1) is 24.7 Å². The molecule has 0 aromatic rings. The Kier molecular flexibility index (Phi) is 3.26. The predicted octanol–water partition coefficient (Wildman–Crippen LogP) is 0.851. The molecule has 2 aliphatic rings. The number of hydrogen-bond donors (Lipinski definition) is 1. The summed E-state index contributed by atoms with van der Waals surface area (Å²) in [6.07, 6.45) is 3.75. The first-order valence-corrected chi connectivity index (χ1v) is 5.78. The first kappa shape index (κ1) is 10.9. The zero-order valence-electron chi connectivity index (χ0n) is 9.25. The lowest BCUT2D eigenvalue weighted by atomic mass is 9.86. The Morgan fingerprint density at radius 2 is 2.40 bits per heavy atom. The van der Waals surface area contributed by atoms with Crippen LogP contribution in [0, 0.1) is 0 Å². The maximum absolute atomic E-state index is 11.3. The number of esters is 1. The Bertz CT molecular complexity index is 238.